The molecule has 1 aliphatic rings. The fourth-order valence-corrected chi connectivity index (χ4v) is 2.32. The minimum Gasteiger partial charge on any atom is -0.399 e. The Morgan fingerprint density at radius 2 is 2.06 bits per heavy atom. The monoisotopic (exact) mass is 218 g/mol. The van der Waals surface area contributed by atoms with Crippen LogP contribution < -0.4 is 5.73 Å². The number of fused-ring (bicyclic) bond motifs is 1. The topological polar surface area (TPSA) is 29.3 Å². The average Bonchev–Trinajstić information content (AvgIpc) is 2.28. The SMILES string of the molecule is CCC(C)(C)N1CCc2ccc(N)cc2C1. The molecule has 16 heavy (non-hydrogen) atoms. The molecule has 1 aliphatic heterocycles. The van der Waals surface area contributed by atoms with E-state index in [0.717, 1.165) is 25.2 Å². The Morgan fingerprint density at radius 3 is 2.75 bits per heavy atom. The Kier molecular flexibility index (Phi) is 2.94. The predicted octanol–water partition coefficient (Wildman–Crippen LogP) is 2.82. The third kappa shape index (κ3) is 2.07. The van der Waals surface area contributed by atoms with Crippen molar-refractivity contribution in [3.05, 3.63) is 29.3 Å². The first-order valence-electron chi connectivity index (χ1n) is 6.15. The third-order valence-corrected chi connectivity index (χ3v) is 3.96. The van der Waals surface area contributed by atoms with Crippen LogP contribution in [0.5, 0.6) is 0 Å². The van der Waals surface area contributed by atoms with Gasteiger partial charge < -0.3 is 5.73 Å². The van der Waals surface area contributed by atoms with Gasteiger partial charge in [-0.15, -0.1) is 0 Å². The van der Waals surface area contributed by atoms with Crippen molar-refractivity contribution in [3.8, 4) is 0 Å². The number of nitrogen functional groups attached to an aromatic ring is 1. The summed E-state index contributed by atoms with van der Waals surface area (Å²) in [7, 11) is 0. The molecular weight excluding hydrogens is 196 g/mol. The molecule has 2 heteroatoms. The van der Waals surface area contributed by atoms with Crippen LogP contribution in [0.3, 0.4) is 0 Å². The second-order valence-electron chi connectivity index (χ2n) is 5.37. The van der Waals surface area contributed by atoms with Crippen molar-refractivity contribution in [2.24, 2.45) is 0 Å². The highest BCUT2D eigenvalue weighted by atomic mass is 15.2. The summed E-state index contributed by atoms with van der Waals surface area (Å²) in [5, 5.41) is 0. The molecule has 0 saturated carbocycles. The largest absolute Gasteiger partial charge is 0.399 e. The molecule has 0 amide bonds. The van der Waals surface area contributed by atoms with Crippen LogP contribution in [0, 0.1) is 0 Å². The number of hydrogen-bond donors (Lipinski definition) is 1. The van der Waals surface area contributed by atoms with Gasteiger partial charge in [0.25, 0.3) is 0 Å². The van der Waals surface area contributed by atoms with Crippen molar-refractivity contribution in [2.75, 3.05) is 12.3 Å². The molecule has 1 heterocycles. The number of anilines is 1. The summed E-state index contributed by atoms with van der Waals surface area (Å²) in [6.45, 7) is 9.11. The van der Waals surface area contributed by atoms with Crippen molar-refractivity contribution in [2.45, 2.75) is 45.7 Å². The average molecular weight is 218 g/mol. The molecule has 2 rings (SSSR count). The molecule has 2 N–H and O–H groups in total. The maximum absolute atomic E-state index is 5.85. The molecule has 0 fully saturated rings. The van der Waals surface area contributed by atoms with E-state index in [4.69, 9.17) is 5.73 Å². The van der Waals surface area contributed by atoms with Crippen LogP contribution in [0.4, 0.5) is 5.69 Å². The Labute approximate surface area is 98.4 Å². The molecular formula is C14H22N2. The van der Waals surface area contributed by atoms with Gasteiger partial charge in [-0.05, 0) is 49.9 Å². The van der Waals surface area contributed by atoms with Crippen LogP contribution in [0.15, 0.2) is 18.2 Å². The summed E-state index contributed by atoms with van der Waals surface area (Å²) in [6, 6.07) is 6.33. The van der Waals surface area contributed by atoms with Gasteiger partial charge in [-0.3, -0.25) is 4.90 Å². The van der Waals surface area contributed by atoms with Crippen LogP contribution in [-0.2, 0) is 13.0 Å². The van der Waals surface area contributed by atoms with Crippen molar-refractivity contribution in [3.63, 3.8) is 0 Å². The molecule has 1 aromatic carbocycles. The first-order valence-corrected chi connectivity index (χ1v) is 6.15. The summed E-state index contributed by atoms with van der Waals surface area (Å²) >= 11 is 0. The molecule has 2 nitrogen and oxygen atoms in total. The predicted molar refractivity (Wildman–Crippen MR) is 69.3 cm³/mol. The smallest absolute Gasteiger partial charge is 0.0317 e. The minimum atomic E-state index is 0.294. The van der Waals surface area contributed by atoms with E-state index in [-0.39, 0.29) is 0 Å². The number of nitrogens with two attached hydrogens (primary N) is 1. The van der Waals surface area contributed by atoms with Crippen molar-refractivity contribution in [1.29, 1.82) is 0 Å². The maximum Gasteiger partial charge on any atom is 0.0317 e. The lowest BCUT2D eigenvalue weighted by atomic mass is 9.92. The van der Waals surface area contributed by atoms with Gasteiger partial charge in [0, 0.05) is 24.3 Å². The summed E-state index contributed by atoms with van der Waals surface area (Å²) in [6.07, 6.45) is 2.34. The Balaban J connectivity index is 2.23. The molecule has 88 valence electrons. The second-order valence-corrected chi connectivity index (χ2v) is 5.37. The molecule has 0 radical (unpaired) electrons. The molecule has 0 unspecified atom stereocenters. The fraction of sp³-hybridized carbons (Fsp3) is 0.571. The highest BCUT2D eigenvalue weighted by Crippen LogP contribution is 2.28. The van der Waals surface area contributed by atoms with E-state index in [9.17, 15) is 0 Å². The number of hydrogen-bond acceptors (Lipinski definition) is 2. The van der Waals surface area contributed by atoms with E-state index in [2.05, 4.69) is 37.8 Å². The van der Waals surface area contributed by atoms with Crippen LogP contribution in [0.2, 0.25) is 0 Å². The van der Waals surface area contributed by atoms with E-state index in [0.29, 0.717) is 5.54 Å². The van der Waals surface area contributed by atoms with E-state index >= 15 is 0 Å². The number of benzene rings is 1. The molecule has 0 atom stereocenters. The zero-order valence-electron chi connectivity index (χ0n) is 10.6. The van der Waals surface area contributed by atoms with Crippen LogP contribution in [0.25, 0.3) is 0 Å². The molecule has 0 aliphatic carbocycles. The number of nitrogens with zero attached hydrogens (tertiary/aromatic N) is 1. The first kappa shape index (κ1) is 11.5. The molecule has 0 aromatic heterocycles. The van der Waals surface area contributed by atoms with Gasteiger partial charge in [0.15, 0.2) is 0 Å². The lowest BCUT2D eigenvalue weighted by molar-refractivity contribution is 0.100. The van der Waals surface area contributed by atoms with Gasteiger partial charge in [0.2, 0.25) is 0 Å². The molecule has 0 spiro atoms. The molecule has 1 aromatic rings. The first-order chi connectivity index (χ1) is 7.53. The lowest BCUT2D eigenvalue weighted by Gasteiger charge is -2.41. The maximum atomic E-state index is 5.85. The normalized spacial score (nSPS) is 17.2. The van der Waals surface area contributed by atoms with Crippen molar-refractivity contribution in [1.82, 2.24) is 4.90 Å². The van der Waals surface area contributed by atoms with E-state index in [1.807, 2.05) is 6.07 Å². The summed E-state index contributed by atoms with van der Waals surface area (Å²) < 4.78 is 0. The van der Waals surface area contributed by atoms with Gasteiger partial charge >= 0.3 is 0 Å². The molecule has 0 bridgehead atoms. The van der Waals surface area contributed by atoms with Crippen molar-refractivity contribution >= 4 is 5.69 Å². The van der Waals surface area contributed by atoms with Crippen LogP contribution >= 0.6 is 0 Å². The summed E-state index contributed by atoms with van der Waals surface area (Å²) in [5.41, 5.74) is 9.91. The van der Waals surface area contributed by atoms with E-state index in [1.54, 1.807) is 0 Å². The second kappa shape index (κ2) is 4.10. The fourth-order valence-electron chi connectivity index (χ4n) is 2.32. The van der Waals surface area contributed by atoms with Gasteiger partial charge in [-0.2, -0.15) is 0 Å². The zero-order chi connectivity index (χ0) is 11.8. The van der Waals surface area contributed by atoms with E-state index in [1.165, 1.54) is 17.5 Å². The third-order valence-electron chi connectivity index (χ3n) is 3.96. The van der Waals surface area contributed by atoms with Gasteiger partial charge in [-0.25, -0.2) is 0 Å². The highest BCUT2D eigenvalue weighted by molar-refractivity contribution is 5.45. The standard InChI is InChI=1S/C14H22N2/c1-4-14(2,3)16-8-7-11-5-6-13(15)9-12(11)10-16/h5-6,9H,4,7-8,10,15H2,1-3H3. The quantitative estimate of drug-likeness (QED) is 0.773. The van der Waals surface area contributed by atoms with Crippen molar-refractivity contribution < 1.29 is 0 Å². The zero-order valence-corrected chi connectivity index (χ0v) is 10.6. The van der Waals surface area contributed by atoms with Gasteiger partial charge in [0.05, 0.1) is 0 Å². The molecule has 0 saturated heterocycles. The van der Waals surface area contributed by atoms with Gasteiger partial charge in [0.1, 0.15) is 0 Å². The van der Waals surface area contributed by atoms with E-state index < -0.39 is 0 Å². The van der Waals surface area contributed by atoms with Crippen LogP contribution in [0.1, 0.15) is 38.3 Å². The Morgan fingerprint density at radius 1 is 1.31 bits per heavy atom. The highest BCUT2D eigenvalue weighted by Gasteiger charge is 2.27. The van der Waals surface area contributed by atoms with Crippen LogP contribution in [-0.4, -0.2) is 17.0 Å². The number of rotatable bonds is 2. The Hall–Kier alpha value is -1.02. The summed E-state index contributed by atoms with van der Waals surface area (Å²) in [5.74, 6) is 0. The summed E-state index contributed by atoms with van der Waals surface area (Å²) in [4.78, 5) is 2.56. The lowest BCUT2D eigenvalue weighted by Crippen LogP contribution is -2.46. The van der Waals surface area contributed by atoms with Gasteiger partial charge in [-0.1, -0.05) is 13.0 Å². The Bertz CT molecular complexity index is 382. The minimum absolute atomic E-state index is 0.294.